The maximum Gasteiger partial charge on any atom is 0.405 e. The number of nitrogens with one attached hydrogen (secondary N) is 1. The number of pyridine rings is 1. The number of hydrogen-bond acceptors (Lipinski definition) is 8. The lowest BCUT2D eigenvalue weighted by Gasteiger charge is -2.20. The third kappa shape index (κ3) is 8.48. The van der Waals surface area contributed by atoms with Crippen LogP contribution in [0.5, 0.6) is 0 Å². The average Bonchev–Trinajstić information content (AvgIpc) is 3.07. The second-order valence-corrected chi connectivity index (χ2v) is 8.21. The Labute approximate surface area is 207 Å². The number of aliphatic hydroxyl groups is 3. The van der Waals surface area contributed by atoms with Crippen LogP contribution in [0.4, 0.5) is 5.82 Å². The van der Waals surface area contributed by atoms with Crippen molar-refractivity contribution in [2.45, 2.75) is 58.7 Å². The van der Waals surface area contributed by atoms with E-state index in [1.807, 2.05) is 38.3 Å². The third-order valence-electron chi connectivity index (χ3n) is 5.59. The summed E-state index contributed by atoms with van der Waals surface area (Å²) in [6.45, 7) is 10.8. The number of allylic oxidation sites excluding steroid dienone is 3. The second-order valence-electron chi connectivity index (χ2n) is 8.21. The monoisotopic (exact) mass is 489 g/mol. The van der Waals surface area contributed by atoms with Crippen LogP contribution in [-0.4, -0.2) is 57.5 Å². The lowest BCUT2D eigenvalue weighted by Crippen LogP contribution is -2.35. The molecule has 0 fully saturated rings. The number of methoxy groups -OCH3 is 1. The van der Waals surface area contributed by atoms with Crippen molar-refractivity contribution >= 4 is 16.9 Å². The third-order valence-corrected chi connectivity index (χ3v) is 5.59. The molecular formula is C26H39N3O6. The Kier molecular flexibility index (Phi) is 10.9. The van der Waals surface area contributed by atoms with Crippen molar-refractivity contribution in [1.29, 1.82) is 0 Å². The molecule has 2 aromatic heterocycles. The summed E-state index contributed by atoms with van der Waals surface area (Å²) in [7, 11) is 3.65. The summed E-state index contributed by atoms with van der Waals surface area (Å²) >= 11 is 0. The van der Waals surface area contributed by atoms with E-state index in [0.717, 1.165) is 40.2 Å². The van der Waals surface area contributed by atoms with Gasteiger partial charge in [-0.3, -0.25) is 0 Å². The quantitative estimate of drug-likeness (QED) is 0.171. The number of rotatable bonds is 15. The molecule has 0 spiro atoms. The summed E-state index contributed by atoms with van der Waals surface area (Å²) < 4.78 is 17.7. The summed E-state index contributed by atoms with van der Waals surface area (Å²) in [4.78, 5) is 4.83. The van der Waals surface area contributed by atoms with Gasteiger partial charge in [0.1, 0.15) is 11.5 Å². The number of fused-ring (bicyclic) bond motifs is 1. The van der Waals surface area contributed by atoms with Gasteiger partial charge in [-0.1, -0.05) is 13.5 Å². The van der Waals surface area contributed by atoms with E-state index in [4.69, 9.17) is 34.5 Å². The molecule has 0 aliphatic rings. The van der Waals surface area contributed by atoms with Crippen molar-refractivity contribution in [3.05, 3.63) is 59.7 Å². The average molecular weight is 490 g/mol. The van der Waals surface area contributed by atoms with Gasteiger partial charge >= 0.3 is 6.16 Å². The Hall–Kier alpha value is -2.69. The van der Waals surface area contributed by atoms with Crippen LogP contribution in [-0.2, 0) is 34.1 Å². The van der Waals surface area contributed by atoms with E-state index < -0.39 is 12.3 Å². The number of anilines is 1. The van der Waals surface area contributed by atoms with Crippen molar-refractivity contribution in [1.82, 2.24) is 9.55 Å². The first kappa shape index (κ1) is 28.5. The van der Waals surface area contributed by atoms with Crippen LogP contribution in [0.1, 0.15) is 44.9 Å². The molecule has 0 saturated carbocycles. The summed E-state index contributed by atoms with van der Waals surface area (Å²) in [5, 5.41) is 31.5. The van der Waals surface area contributed by atoms with E-state index in [0.29, 0.717) is 38.3 Å². The van der Waals surface area contributed by atoms with E-state index in [-0.39, 0.29) is 0 Å². The van der Waals surface area contributed by atoms with Crippen LogP contribution >= 0.6 is 0 Å². The lowest BCUT2D eigenvalue weighted by molar-refractivity contribution is -0.464. The van der Waals surface area contributed by atoms with Crippen LogP contribution < -0.4 is 5.32 Å². The van der Waals surface area contributed by atoms with E-state index in [1.54, 1.807) is 20.1 Å². The zero-order chi connectivity index (χ0) is 26.0. The molecule has 194 valence electrons. The first-order valence-electron chi connectivity index (χ1n) is 11.9. The molecule has 1 unspecified atom stereocenters. The summed E-state index contributed by atoms with van der Waals surface area (Å²) in [6, 6.07) is 3.95. The smallest absolute Gasteiger partial charge is 0.405 e. The predicted octanol–water partition coefficient (Wildman–Crippen LogP) is 3.50. The molecule has 0 aliphatic heterocycles. The fourth-order valence-corrected chi connectivity index (χ4v) is 3.98. The minimum Gasteiger partial charge on any atom is -0.498 e. The minimum absolute atomic E-state index is 0.496. The van der Waals surface area contributed by atoms with E-state index in [9.17, 15) is 0 Å². The van der Waals surface area contributed by atoms with Crippen molar-refractivity contribution < 1.29 is 29.5 Å². The fraction of sp³-hybridized carbons (Fsp3) is 0.500. The SMILES string of the molecule is C=C/C(=C\C=C(/CCOC)OCC)Nc1ccc2c(CCC(C)OC(O)(O)O)c(CC)n(C)c2n1. The summed E-state index contributed by atoms with van der Waals surface area (Å²) in [5.74, 6) is 1.52. The molecular weight excluding hydrogens is 450 g/mol. The highest BCUT2D eigenvalue weighted by Crippen LogP contribution is 2.28. The van der Waals surface area contributed by atoms with Crippen LogP contribution in [0, 0.1) is 0 Å². The molecule has 1 atom stereocenters. The van der Waals surface area contributed by atoms with E-state index >= 15 is 0 Å². The van der Waals surface area contributed by atoms with Crippen molar-refractivity contribution in [2.75, 3.05) is 25.6 Å². The predicted molar refractivity (Wildman–Crippen MR) is 136 cm³/mol. The Morgan fingerprint density at radius 2 is 2.00 bits per heavy atom. The number of aryl methyl sites for hydroxylation is 2. The molecule has 2 aromatic rings. The maximum atomic E-state index is 9.06. The summed E-state index contributed by atoms with van der Waals surface area (Å²) in [6.07, 6.45) is 4.47. The molecule has 2 rings (SSSR count). The Bertz CT molecular complexity index is 1040. The summed E-state index contributed by atoms with van der Waals surface area (Å²) in [5.41, 5.74) is 3.89. The number of ether oxygens (including phenoxy) is 3. The van der Waals surface area contributed by atoms with Gasteiger partial charge in [0, 0.05) is 37.4 Å². The molecule has 4 N–H and O–H groups in total. The van der Waals surface area contributed by atoms with Gasteiger partial charge < -0.3 is 39.4 Å². The molecule has 0 aromatic carbocycles. The van der Waals surface area contributed by atoms with Gasteiger partial charge in [-0.05, 0) is 69.0 Å². The molecule has 0 aliphatic carbocycles. The van der Waals surface area contributed by atoms with E-state index in [1.165, 1.54) is 0 Å². The molecule has 0 amide bonds. The van der Waals surface area contributed by atoms with Gasteiger partial charge in [-0.25, -0.2) is 4.98 Å². The molecule has 0 saturated heterocycles. The second kappa shape index (κ2) is 13.4. The van der Waals surface area contributed by atoms with Gasteiger partial charge in [-0.15, -0.1) is 0 Å². The highest BCUT2D eigenvalue weighted by Gasteiger charge is 2.24. The van der Waals surface area contributed by atoms with Crippen LogP contribution in [0.2, 0.25) is 0 Å². The van der Waals surface area contributed by atoms with Gasteiger partial charge in [0.15, 0.2) is 0 Å². The molecule has 2 heterocycles. The first-order valence-corrected chi connectivity index (χ1v) is 11.9. The Morgan fingerprint density at radius 3 is 2.60 bits per heavy atom. The van der Waals surface area contributed by atoms with Crippen LogP contribution in [0.25, 0.3) is 11.0 Å². The van der Waals surface area contributed by atoms with Gasteiger partial charge in [0.25, 0.3) is 0 Å². The van der Waals surface area contributed by atoms with Gasteiger partial charge in [-0.2, -0.15) is 0 Å². The minimum atomic E-state index is -3.13. The number of nitrogens with zero attached hydrogens (tertiary/aromatic N) is 2. The lowest BCUT2D eigenvalue weighted by atomic mass is 10.0. The fourth-order valence-electron chi connectivity index (χ4n) is 3.98. The van der Waals surface area contributed by atoms with Crippen LogP contribution in [0.3, 0.4) is 0 Å². The molecule has 0 radical (unpaired) electrons. The topological polar surface area (TPSA) is 118 Å². The zero-order valence-electron chi connectivity index (χ0n) is 21.4. The van der Waals surface area contributed by atoms with Crippen molar-refractivity contribution in [3.8, 4) is 0 Å². The number of aromatic nitrogens is 2. The zero-order valence-corrected chi connectivity index (χ0v) is 21.4. The van der Waals surface area contributed by atoms with E-state index in [2.05, 4.69) is 23.4 Å². The van der Waals surface area contributed by atoms with Gasteiger partial charge in [0.2, 0.25) is 0 Å². The highest BCUT2D eigenvalue weighted by molar-refractivity contribution is 5.84. The number of hydrogen-bond donors (Lipinski definition) is 4. The standard InChI is InChI=1S/C26H39N3O6/c1-7-19(11-12-20(34-9-3)16-17-33-6)27-24-15-14-22-21(13-10-18(4)35-26(30,31)32)23(8-2)29(5)25(22)28-24/h7,11-12,14-15,18,30-32H,1,8-10,13,16-17H2,2-6H3,(H,27,28)/b19-11+,20-12+. The molecule has 9 heteroatoms. The van der Waals surface area contributed by atoms with Crippen molar-refractivity contribution in [2.24, 2.45) is 7.05 Å². The Balaban J connectivity index is 2.28. The Morgan fingerprint density at radius 1 is 1.26 bits per heavy atom. The molecule has 35 heavy (non-hydrogen) atoms. The maximum absolute atomic E-state index is 9.06. The van der Waals surface area contributed by atoms with Gasteiger partial charge in [0.05, 0.1) is 25.1 Å². The normalized spacial score (nSPS) is 13.8. The molecule has 9 nitrogen and oxygen atoms in total. The largest absolute Gasteiger partial charge is 0.498 e. The van der Waals surface area contributed by atoms with Crippen LogP contribution in [0.15, 0.2) is 48.4 Å². The molecule has 0 bridgehead atoms. The van der Waals surface area contributed by atoms with Crippen molar-refractivity contribution in [3.63, 3.8) is 0 Å². The highest BCUT2D eigenvalue weighted by atomic mass is 16.9. The first-order chi connectivity index (χ1) is 16.6.